The molecule has 25 heavy (non-hydrogen) atoms. The molecule has 2 rings (SSSR count). The molecule has 0 atom stereocenters. The number of carbonyl (C=O) groups is 2. The van der Waals surface area contributed by atoms with Gasteiger partial charge in [-0.3, -0.25) is 14.6 Å². The molecule has 1 aromatic carbocycles. The summed E-state index contributed by atoms with van der Waals surface area (Å²) in [5.41, 5.74) is -0.620. The van der Waals surface area contributed by atoms with Crippen LogP contribution < -0.4 is 16.6 Å². The third kappa shape index (κ3) is 5.60. The largest absolute Gasteiger partial charge is 0.462 e. The van der Waals surface area contributed by atoms with E-state index in [1.54, 1.807) is 18.2 Å². The Balaban J connectivity index is 1.95. The van der Waals surface area contributed by atoms with Crippen LogP contribution >= 0.6 is 11.8 Å². The van der Waals surface area contributed by atoms with Crippen LogP contribution in [0.3, 0.4) is 0 Å². The summed E-state index contributed by atoms with van der Waals surface area (Å²) in [6.07, 6.45) is 0.720. The SMILES string of the molecule is CCCOC(=O)c1cccc(NC(=O)CSc2n[nH]c(=O)[nH]c2=O)c1. The van der Waals surface area contributed by atoms with Gasteiger partial charge in [0, 0.05) is 5.69 Å². The fourth-order valence-electron chi connectivity index (χ4n) is 1.77. The quantitative estimate of drug-likeness (QED) is 0.487. The van der Waals surface area contributed by atoms with E-state index < -0.39 is 23.1 Å². The number of carbonyl (C=O) groups excluding carboxylic acids is 2. The van der Waals surface area contributed by atoms with Crippen LogP contribution in [0.1, 0.15) is 23.7 Å². The number of nitrogens with zero attached hydrogens (tertiary/aromatic N) is 1. The molecule has 0 saturated heterocycles. The number of benzene rings is 1. The summed E-state index contributed by atoms with van der Waals surface area (Å²) in [6, 6.07) is 6.35. The zero-order valence-electron chi connectivity index (χ0n) is 13.3. The first kappa shape index (κ1) is 18.5. The van der Waals surface area contributed by atoms with E-state index in [0.717, 1.165) is 18.2 Å². The highest BCUT2D eigenvalue weighted by Crippen LogP contribution is 2.14. The standard InChI is InChI=1S/C15H16N4O5S/c1-2-6-24-14(22)9-4-3-5-10(7-9)16-11(20)8-25-13-12(21)17-15(23)19-18-13/h3-5,7H,2,6,8H2,1H3,(H,16,20)(H2,17,19,21,23). The lowest BCUT2D eigenvalue weighted by Crippen LogP contribution is -2.25. The van der Waals surface area contributed by atoms with E-state index in [1.807, 2.05) is 11.9 Å². The van der Waals surface area contributed by atoms with Gasteiger partial charge in [0.1, 0.15) is 0 Å². The molecule has 0 aliphatic rings. The molecule has 1 aromatic heterocycles. The lowest BCUT2D eigenvalue weighted by molar-refractivity contribution is -0.113. The molecule has 3 N–H and O–H groups in total. The van der Waals surface area contributed by atoms with Crippen LogP contribution in [0.15, 0.2) is 38.9 Å². The van der Waals surface area contributed by atoms with E-state index in [0.29, 0.717) is 17.9 Å². The van der Waals surface area contributed by atoms with Crippen molar-refractivity contribution in [2.24, 2.45) is 0 Å². The van der Waals surface area contributed by atoms with Gasteiger partial charge in [-0.2, -0.15) is 5.10 Å². The second-order valence-electron chi connectivity index (χ2n) is 4.87. The number of rotatable bonds is 7. The van der Waals surface area contributed by atoms with Gasteiger partial charge in [0.15, 0.2) is 5.03 Å². The molecule has 9 nitrogen and oxygen atoms in total. The van der Waals surface area contributed by atoms with E-state index >= 15 is 0 Å². The lowest BCUT2D eigenvalue weighted by atomic mass is 10.2. The highest BCUT2D eigenvalue weighted by atomic mass is 32.2. The number of thioether (sulfide) groups is 1. The molecule has 0 aliphatic heterocycles. The van der Waals surface area contributed by atoms with Crippen molar-refractivity contribution in [3.63, 3.8) is 0 Å². The maximum Gasteiger partial charge on any atom is 0.342 e. The number of H-pyrrole nitrogens is 2. The van der Waals surface area contributed by atoms with Crippen molar-refractivity contribution in [1.29, 1.82) is 0 Å². The summed E-state index contributed by atoms with van der Waals surface area (Å²) in [5.74, 6) is -0.945. The van der Waals surface area contributed by atoms with Crippen LogP contribution in [0.4, 0.5) is 5.69 Å². The van der Waals surface area contributed by atoms with E-state index in [2.05, 4.69) is 15.5 Å². The normalized spacial score (nSPS) is 10.3. The number of aromatic nitrogens is 3. The fourth-order valence-corrected chi connectivity index (χ4v) is 2.40. The van der Waals surface area contributed by atoms with Crippen LogP contribution in [-0.2, 0) is 9.53 Å². The molecular weight excluding hydrogens is 348 g/mol. The molecule has 1 amide bonds. The molecule has 0 aliphatic carbocycles. The van der Waals surface area contributed by atoms with Crippen molar-refractivity contribution in [2.75, 3.05) is 17.7 Å². The summed E-state index contributed by atoms with van der Waals surface area (Å²) in [4.78, 5) is 48.1. The van der Waals surface area contributed by atoms with Gasteiger partial charge in [0.25, 0.3) is 5.56 Å². The Hall–Kier alpha value is -2.88. The summed E-state index contributed by atoms with van der Waals surface area (Å²) >= 11 is 0.876. The molecule has 0 saturated carbocycles. The van der Waals surface area contributed by atoms with E-state index in [1.165, 1.54) is 6.07 Å². The van der Waals surface area contributed by atoms with Gasteiger partial charge in [-0.05, 0) is 24.6 Å². The zero-order valence-corrected chi connectivity index (χ0v) is 14.1. The first-order chi connectivity index (χ1) is 12.0. The molecule has 1 heterocycles. The van der Waals surface area contributed by atoms with Crippen molar-refractivity contribution in [3.8, 4) is 0 Å². The van der Waals surface area contributed by atoms with Crippen molar-refractivity contribution >= 4 is 29.3 Å². The third-order valence-corrected chi connectivity index (χ3v) is 3.80. The number of anilines is 1. The van der Waals surface area contributed by atoms with Gasteiger partial charge in [-0.25, -0.2) is 14.7 Å². The maximum atomic E-state index is 12.0. The van der Waals surface area contributed by atoms with Crippen molar-refractivity contribution in [2.45, 2.75) is 18.4 Å². The minimum atomic E-state index is -0.717. The van der Waals surface area contributed by atoms with Gasteiger partial charge in [-0.1, -0.05) is 24.8 Å². The van der Waals surface area contributed by atoms with Crippen LogP contribution in [0.25, 0.3) is 0 Å². The Bertz CT molecular complexity index is 876. The van der Waals surface area contributed by atoms with Crippen LogP contribution in [0.5, 0.6) is 0 Å². The summed E-state index contributed by atoms with van der Waals surface area (Å²) in [6.45, 7) is 2.22. The van der Waals surface area contributed by atoms with Gasteiger partial charge in [0.2, 0.25) is 5.91 Å². The second kappa shape index (κ2) is 8.83. The summed E-state index contributed by atoms with van der Waals surface area (Å²) in [5, 5.41) is 8.24. The number of ether oxygens (including phenoxy) is 1. The second-order valence-corrected chi connectivity index (χ2v) is 5.83. The Morgan fingerprint density at radius 3 is 2.84 bits per heavy atom. The average Bonchev–Trinajstić information content (AvgIpc) is 2.59. The molecule has 0 spiro atoms. The predicted molar refractivity (Wildman–Crippen MR) is 91.8 cm³/mol. The number of aromatic amines is 2. The van der Waals surface area contributed by atoms with Gasteiger partial charge < -0.3 is 10.1 Å². The van der Waals surface area contributed by atoms with Crippen molar-refractivity contribution < 1.29 is 14.3 Å². The predicted octanol–water partition coefficient (Wildman–Crippen LogP) is 0.756. The van der Waals surface area contributed by atoms with Crippen molar-refractivity contribution in [3.05, 3.63) is 50.7 Å². The maximum absolute atomic E-state index is 12.0. The van der Waals surface area contributed by atoms with Crippen LogP contribution in [-0.4, -0.2) is 39.4 Å². The first-order valence-corrected chi connectivity index (χ1v) is 8.37. The summed E-state index contributed by atoms with van der Waals surface area (Å²) in [7, 11) is 0. The van der Waals surface area contributed by atoms with Gasteiger partial charge in [-0.15, -0.1) is 0 Å². The average molecular weight is 364 g/mol. The number of hydrogen-bond acceptors (Lipinski definition) is 7. The number of amides is 1. The molecule has 10 heteroatoms. The molecule has 2 aromatic rings. The molecule has 0 radical (unpaired) electrons. The molecule has 0 bridgehead atoms. The monoisotopic (exact) mass is 364 g/mol. The minimum Gasteiger partial charge on any atom is -0.462 e. The third-order valence-electron chi connectivity index (χ3n) is 2.84. The highest BCUT2D eigenvalue weighted by Gasteiger charge is 2.11. The first-order valence-electron chi connectivity index (χ1n) is 7.38. The topological polar surface area (TPSA) is 134 Å². The minimum absolute atomic E-state index is 0.0216. The fraction of sp³-hybridized carbons (Fsp3) is 0.267. The Kier molecular flexibility index (Phi) is 6.52. The number of nitrogens with one attached hydrogen (secondary N) is 3. The smallest absolute Gasteiger partial charge is 0.342 e. The Morgan fingerprint density at radius 2 is 2.12 bits per heavy atom. The highest BCUT2D eigenvalue weighted by molar-refractivity contribution is 7.99. The molecular formula is C15H16N4O5S. The molecule has 0 unspecified atom stereocenters. The van der Waals surface area contributed by atoms with Crippen LogP contribution in [0.2, 0.25) is 0 Å². The van der Waals surface area contributed by atoms with E-state index in [-0.39, 0.29) is 10.8 Å². The molecule has 132 valence electrons. The van der Waals surface area contributed by atoms with E-state index in [4.69, 9.17) is 4.74 Å². The van der Waals surface area contributed by atoms with Crippen molar-refractivity contribution in [1.82, 2.24) is 15.2 Å². The van der Waals surface area contributed by atoms with E-state index in [9.17, 15) is 19.2 Å². The molecule has 0 fully saturated rings. The lowest BCUT2D eigenvalue weighted by Gasteiger charge is -2.07. The van der Waals surface area contributed by atoms with Gasteiger partial charge >= 0.3 is 11.7 Å². The Morgan fingerprint density at radius 1 is 1.32 bits per heavy atom. The van der Waals surface area contributed by atoms with Gasteiger partial charge in [0.05, 0.1) is 17.9 Å². The summed E-state index contributed by atoms with van der Waals surface area (Å²) < 4.78 is 5.03. The number of hydrogen-bond donors (Lipinski definition) is 3. The zero-order chi connectivity index (χ0) is 18.2. The Labute approximate surface area is 146 Å². The number of esters is 1. The van der Waals surface area contributed by atoms with Crippen LogP contribution in [0, 0.1) is 0 Å².